The van der Waals surface area contributed by atoms with Gasteiger partial charge in [-0.3, -0.25) is 9.59 Å². The van der Waals surface area contributed by atoms with E-state index in [1.165, 1.54) is 35.2 Å². The Labute approximate surface area is 230 Å². The van der Waals surface area contributed by atoms with Crippen LogP contribution in [0.1, 0.15) is 52.2 Å². The highest BCUT2D eigenvalue weighted by atomic mass is 19.4. The summed E-state index contributed by atoms with van der Waals surface area (Å²) in [5.41, 5.74) is -0.198. The van der Waals surface area contributed by atoms with Crippen molar-refractivity contribution < 1.29 is 41.4 Å². The van der Waals surface area contributed by atoms with E-state index in [1.54, 1.807) is 40.7 Å². The molecule has 2 aromatic rings. The van der Waals surface area contributed by atoms with Crippen LogP contribution in [-0.4, -0.2) is 48.0 Å². The number of aryl methyl sites for hydroxylation is 1. The van der Waals surface area contributed by atoms with Gasteiger partial charge in [-0.25, -0.2) is 9.18 Å². The minimum Gasteiger partial charge on any atom is -0.444 e. The van der Waals surface area contributed by atoms with E-state index in [1.807, 2.05) is 0 Å². The molecule has 12 heteroatoms. The second-order valence-electron chi connectivity index (χ2n) is 10.7. The van der Waals surface area contributed by atoms with Crippen molar-refractivity contribution in [3.63, 3.8) is 0 Å². The predicted molar refractivity (Wildman–Crippen MR) is 139 cm³/mol. The summed E-state index contributed by atoms with van der Waals surface area (Å²) < 4.78 is 63.1. The number of para-hydroxylation sites is 2. The Hall–Kier alpha value is -3.83. The number of nitrogens with one attached hydrogen (secondary N) is 2. The number of nitrogens with zero attached hydrogens (tertiary/aromatic N) is 1. The number of benzene rings is 2. The lowest BCUT2D eigenvalue weighted by Crippen LogP contribution is -2.56. The van der Waals surface area contributed by atoms with Crippen molar-refractivity contribution in [3.05, 3.63) is 59.4 Å². The van der Waals surface area contributed by atoms with Crippen molar-refractivity contribution in [1.29, 1.82) is 0 Å². The molecule has 2 N–H and O–H groups in total. The number of rotatable bonds is 7. The third kappa shape index (κ3) is 8.09. The molecule has 1 aliphatic rings. The number of carbonyl (C=O) groups is 3. The quantitative estimate of drug-likeness (QED) is 0.458. The van der Waals surface area contributed by atoms with Gasteiger partial charge in [-0.2, -0.15) is 0 Å². The molecule has 1 aliphatic heterocycles. The summed E-state index contributed by atoms with van der Waals surface area (Å²) in [6, 6.07) is 6.74. The zero-order valence-electron chi connectivity index (χ0n) is 22.9. The van der Waals surface area contributed by atoms with Crippen LogP contribution in [0.5, 0.6) is 5.75 Å². The van der Waals surface area contributed by atoms with Crippen molar-refractivity contribution in [2.24, 2.45) is 0 Å². The van der Waals surface area contributed by atoms with Gasteiger partial charge < -0.3 is 25.0 Å². The van der Waals surface area contributed by atoms with Crippen molar-refractivity contribution in [1.82, 2.24) is 10.6 Å². The smallest absolute Gasteiger partial charge is 0.444 e. The Morgan fingerprint density at radius 3 is 2.38 bits per heavy atom. The summed E-state index contributed by atoms with van der Waals surface area (Å²) in [6.45, 7) is 8.24. The third-order valence-electron chi connectivity index (χ3n) is 6.01. The van der Waals surface area contributed by atoms with E-state index in [0.29, 0.717) is 5.56 Å². The standard InChI is InChI=1S/C28H33F4N3O5/c1-16(2)35-23-17(10-8-11-19(23)29)13-14-20(25(35)37)33-24(36)21(34-26(38)40-27(3,4)5)15-18-9-6-7-12-22(18)39-28(30,31)32/h6-12,16,20-21H,13-15H2,1-5H3,(H,33,36)(H,34,38)/t20-,21-/m1/s1. The fourth-order valence-electron chi connectivity index (χ4n) is 4.43. The SMILES string of the molecule is CC(C)N1C(=O)[C@H](NC(=O)[C@@H](Cc2ccccc2OC(F)(F)F)NC(=O)OC(C)(C)C)CCc2cccc(F)c21. The van der Waals surface area contributed by atoms with Crippen LogP contribution in [-0.2, 0) is 27.2 Å². The van der Waals surface area contributed by atoms with Crippen LogP contribution in [0.25, 0.3) is 0 Å². The molecule has 218 valence electrons. The second kappa shape index (κ2) is 12.1. The van der Waals surface area contributed by atoms with E-state index < -0.39 is 66.0 Å². The second-order valence-corrected chi connectivity index (χ2v) is 10.7. The molecule has 40 heavy (non-hydrogen) atoms. The Balaban J connectivity index is 1.90. The van der Waals surface area contributed by atoms with Gasteiger partial charge in [0.05, 0.1) is 5.69 Å². The Morgan fingerprint density at radius 2 is 1.75 bits per heavy atom. The molecule has 0 aromatic heterocycles. The Morgan fingerprint density at radius 1 is 1.07 bits per heavy atom. The maximum atomic E-state index is 14.8. The highest BCUT2D eigenvalue weighted by molar-refractivity contribution is 6.01. The summed E-state index contributed by atoms with van der Waals surface area (Å²) in [6.07, 6.45) is -5.95. The number of hydrogen-bond donors (Lipinski definition) is 2. The number of alkyl carbamates (subject to hydrolysis) is 1. The van der Waals surface area contributed by atoms with Crippen LogP contribution in [0.3, 0.4) is 0 Å². The van der Waals surface area contributed by atoms with Gasteiger partial charge in [0, 0.05) is 12.5 Å². The van der Waals surface area contributed by atoms with Crippen LogP contribution >= 0.6 is 0 Å². The molecule has 0 saturated heterocycles. The summed E-state index contributed by atoms with van der Waals surface area (Å²) in [4.78, 5) is 40.9. The zero-order chi connectivity index (χ0) is 29.8. The number of amides is 3. The molecule has 8 nitrogen and oxygen atoms in total. The topological polar surface area (TPSA) is 97.0 Å². The van der Waals surface area contributed by atoms with Gasteiger partial charge in [-0.1, -0.05) is 30.3 Å². The van der Waals surface area contributed by atoms with Gasteiger partial charge in [-0.15, -0.1) is 13.2 Å². The monoisotopic (exact) mass is 567 g/mol. The molecular formula is C28H33F4N3O5. The largest absolute Gasteiger partial charge is 0.573 e. The van der Waals surface area contributed by atoms with Gasteiger partial charge in [0.25, 0.3) is 0 Å². The maximum absolute atomic E-state index is 14.8. The Kier molecular flexibility index (Phi) is 9.32. The lowest BCUT2D eigenvalue weighted by atomic mass is 10.0. The van der Waals surface area contributed by atoms with E-state index in [9.17, 15) is 31.9 Å². The summed E-state index contributed by atoms with van der Waals surface area (Å²) in [5.74, 6) is -2.50. The van der Waals surface area contributed by atoms with Gasteiger partial charge in [0.2, 0.25) is 11.8 Å². The fraction of sp³-hybridized carbons (Fsp3) is 0.464. The molecule has 3 amide bonds. The lowest BCUT2D eigenvalue weighted by Gasteiger charge is -2.30. The van der Waals surface area contributed by atoms with Crippen molar-refractivity contribution in [2.75, 3.05) is 4.90 Å². The van der Waals surface area contributed by atoms with Crippen LogP contribution in [0, 0.1) is 5.82 Å². The van der Waals surface area contributed by atoms with E-state index in [-0.39, 0.29) is 24.1 Å². The van der Waals surface area contributed by atoms with Crippen LogP contribution < -0.4 is 20.3 Å². The molecule has 2 aromatic carbocycles. The van der Waals surface area contributed by atoms with Crippen molar-refractivity contribution in [3.8, 4) is 5.75 Å². The van der Waals surface area contributed by atoms with Crippen LogP contribution in [0.2, 0.25) is 0 Å². The molecule has 0 radical (unpaired) electrons. The normalized spacial score (nSPS) is 16.6. The predicted octanol–water partition coefficient (Wildman–Crippen LogP) is 5.03. The molecule has 0 aliphatic carbocycles. The molecule has 2 atom stereocenters. The number of fused-ring (bicyclic) bond motifs is 1. The molecule has 0 unspecified atom stereocenters. The maximum Gasteiger partial charge on any atom is 0.573 e. The highest BCUT2D eigenvalue weighted by Gasteiger charge is 2.37. The first kappa shape index (κ1) is 30.7. The summed E-state index contributed by atoms with van der Waals surface area (Å²) in [5, 5.41) is 5.02. The average Bonchev–Trinajstić information content (AvgIpc) is 2.95. The number of hydrogen-bond acceptors (Lipinski definition) is 5. The molecule has 0 saturated carbocycles. The number of alkyl halides is 3. The third-order valence-corrected chi connectivity index (χ3v) is 6.01. The number of carbonyl (C=O) groups excluding carboxylic acids is 3. The average molecular weight is 568 g/mol. The number of halogens is 4. The number of anilines is 1. The molecule has 0 spiro atoms. The molecule has 0 fully saturated rings. The molecule has 1 heterocycles. The summed E-state index contributed by atoms with van der Waals surface area (Å²) >= 11 is 0. The lowest BCUT2D eigenvalue weighted by molar-refractivity contribution is -0.274. The summed E-state index contributed by atoms with van der Waals surface area (Å²) in [7, 11) is 0. The molecule has 0 bridgehead atoms. The van der Waals surface area contributed by atoms with E-state index in [4.69, 9.17) is 4.74 Å². The van der Waals surface area contributed by atoms with Crippen LogP contribution in [0.4, 0.5) is 28.0 Å². The van der Waals surface area contributed by atoms with E-state index in [0.717, 1.165) is 6.07 Å². The molecule has 3 rings (SSSR count). The van der Waals surface area contributed by atoms with Gasteiger partial charge in [-0.05, 0) is 70.7 Å². The fourth-order valence-corrected chi connectivity index (χ4v) is 4.43. The first-order valence-electron chi connectivity index (χ1n) is 12.8. The Bertz CT molecular complexity index is 1240. The van der Waals surface area contributed by atoms with Crippen molar-refractivity contribution in [2.45, 2.75) is 84.0 Å². The van der Waals surface area contributed by atoms with E-state index >= 15 is 0 Å². The zero-order valence-corrected chi connectivity index (χ0v) is 22.9. The highest BCUT2D eigenvalue weighted by Crippen LogP contribution is 2.32. The minimum absolute atomic E-state index is 0.0125. The van der Waals surface area contributed by atoms with E-state index in [2.05, 4.69) is 15.4 Å². The minimum atomic E-state index is -4.98. The van der Waals surface area contributed by atoms with Crippen molar-refractivity contribution >= 4 is 23.6 Å². The molecular weight excluding hydrogens is 534 g/mol. The first-order chi connectivity index (χ1) is 18.6. The van der Waals surface area contributed by atoms with Gasteiger partial charge in [0.15, 0.2) is 0 Å². The van der Waals surface area contributed by atoms with Gasteiger partial charge in [0.1, 0.15) is 29.3 Å². The first-order valence-corrected chi connectivity index (χ1v) is 12.8. The van der Waals surface area contributed by atoms with Gasteiger partial charge >= 0.3 is 12.5 Å². The van der Waals surface area contributed by atoms with Crippen LogP contribution in [0.15, 0.2) is 42.5 Å². The number of ether oxygens (including phenoxy) is 2.